The molecule has 2 aliphatic heterocycles. The third-order valence-corrected chi connectivity index (χ3v) is 5.31. The fourth-order valence-corrected chi connectivity index (χ4v) is 4.32. The maximum atomic E-state index is 14.1. The van der Waals surface area contributed by atoms with Gasteiger partial charge in [0, 0.05) is 23.7 Å². The number of hydrogen-bond donors (Lipinski definition) is 2. The zero-order valence-electron chi connectivity index (χ0n) is 14.4. The van der Waals surface area contributed by atoms with Gasteiger partial charge in [0.2, 0.25) is 11.5 Å². The van der Waals surface area contributed by atoms with E-state index in [1.807, 2.05) is 13.8 Å². The van der Waals surface area contributed by atoms with Crippen molar-refractivity contribution in [2.45, 2.75) is 32.2 Å². The fourth-order valence-electron chi connectivity index (χ4n) is 4.32. The summed E-state index contributed by atoms with van der Waals surface area (Å²) in [6.45, 7) is 3.89. The highest BCUT2D eigenvalue weighted by Gasteiger charge is 2.60. The number of aromatic nitrogens is 4. The third-order valence-electron chi connectivity index (χ3n) is 5.31. The van der Waals surface area contributed by atoms with E-state index < -0.39 is 23.1 Å². The van der Waals surface area contributed by atoms with Gasteiger partial charge in [-0.1, -0.05) is 18.9 Å². The number of rotatable bonds is 0. The third kappa shape index (κ3) is 1.87. The van der Waals surface area contributed by atoms with E-state index in [9.17, 15) is 18.4 Å². The minimum atomic E-state index is -1.77. The highest BCUT2D eigenvalue weighted by molar-refractivity contribution is 6.16. The Labute approximate surface area is 151 Å². The molecule has 0 fully saturated rings. The molecule has 1 spiro atoms. The first kappa shape index (κ1) is 16.0. The monoisotopic (exact) mass is 372 g/mol. The van der Waals surface area contributed by atoms with Gasteiger partial charge in [-0.05, 0) is 28.3 Å². The normalized spacial score (nSPS) is 25.0. The maximum Gasteiger partial charge on any atom is 0.262 e. The first-order chi connectivity index (χ1) is 12.7. The molecule has 1 amide bonds. The lowest BCUT2D eigenvalue weighted by atomic mass is 9.68. The minimum Gasteiger partial charge on any atom is -0.326 e. The summed E-state index contributed by atoms with van der Waals surface area (Å²) >= 11 is 0. The van der Waals surface area contributed by atoms with Crippen molar-refractivity contribution in [1.29, 1.82) is 0 Å². The highest BCUT2D eigenvalue weighted by atomic mass is 19.2. The molecule has 0 saturated carbocycles. The second-order valence-corrected chi connectivity index (χ2v) is 7.81. The van der Waals surface area contributed by atoms with E-state index in [0.29, 0.717) is 12.1 Å². The van der Waals surface area contributed by atoms with Crippen LogP contribution in [0.2, 0.25) is 0 Å². The summed E-state index contributed by atoms with van der Waals surface area (Å²) in [7, 11) is 0. The molecule has 3 heterocycles. The molecule has 27 heavy (non-hydrogen) atoms. The number of fused-ring (bicyclic) bond motifs is 5. The molecule has 2 N–H and O–H groups in total. The SMILES string of the molecule is CC1(C)CC(=O)C2=C(C1)Nc1nnnn1C21C(=O)Nc2cc(F)c(F)cc21. The van der Waals surface area contributed by atoms with Crippen molar-refractivity contribution in [3.8, 4) is 0 Å². The van der Waals surface area contributed by atoms with Gasteiger partial charge in [-0.15, -0.1) is 0 Å². The first-order valence-corrected chi connectivity index (χ1v) is 8.38. The Morgan fingerprint density at radius 2 is 1.85 bits per heavy atom. The van der Waals surface area contributed by atoms with Gasteiger partial charge in [0.25, 0.3) is 5.91 Å². The van der Waals surface area contributed by atoms with Crippen LogP contribution >= 0.6 is 0 Å². The lowest BCUT2D eigenvalue weighted by Gasteiger charge is -2.41. The van der Waals surface area contributed by atoms with Gasteiger partial charge in [-0.2, -0.15) is 4.68 Å². The molecule has 2 aromatic rings. The predicted octanol–water partition coefficient (Wildman–Crippen LogP) is 1.72. The van der Waals surface area contributed by atoms with E-state index in [4.69, 9.17) is 0 Å². The number of anilines is 2. The largest absolute Gasteiger partial charge is 0.326 e. The Balaban J connectivity index is 1.88. The van der Waals surface area contributed by atoms with Crippen molar-refractivity contribution in [1.82, 2.24) is 20.2 Å². The number of halogens is 2. The number of tetrazole rings is 1. The molecule has 1 aromatic carbocycles. The standard InChI is InChI=1S/C17H14F2N6O2/c1-16(2)5-11-13(12(26)6-16)17(25-15(21-11)22-23-24-25)7-3-8(18)9(19)4-10(7)20-14(17)27/h3-4H,5-6H2,1-2H3,(H,20,27)(H,21,22,24). The number of hydrogen-bond acceptors (Lipinski definition) is 6. The summed E-state index contributed by atoms with van der Waals surface area (Å²) in [5, 5.41) is 17.0. The van der Waals surface area contributed by atoms with E-state index >= 15 is 0 Å². The fraction of sp³-hybridized carbons (Fsp3) is 0.353. The van der Waals surface area contributed by atoms with Crippen LogP contribution in [-0.4, -0.2) is 31.9 Å². The Kier molecular flexibility index (Phi) is 2.82. The molecule has 1 aliphatic carbocycles. The van der Waals surface area contributed by atoms with E-state index in [-0.39, 0.29) is 40.4 Å². The summed E-state index contributed by atoms with van der Waals surface area (Å²) in [5.74, 6) is -2.95. The molecule has 1 unspecified atom stereocenters. The van der Waals surface area contributed by atoms with Gasteiger partial charge >= 0.3 is 0 Å². The molecule has 8 nitrogen and oxygen atoms in total. The van der Waals surface area contributed by atoms with Gasteiger partial charge < -0.3 is 10.6 Å². The van der Waals surface area contributed by atoms with Crippen LogP contribution in [0.15, 0.2) is 23.4 Å². The summed E-state index contributed by atoms with van der Waals surface area (Å²) < 4.78 is 29.0. The zero-order chi connectivity index (χ0) is 19.1. The van der Waals surface area contributed by atoms with Crippen LogP contribution in [0.25, 0.3) is 0 Å². The summed E-state index contributed by atoms with van der Waals surface area (Å²) in [5.41, 5.74) is -1.20. The molecule has 10 heteroatoms. The summed E-state index contributed by atoms with van der Waals surface area (Å²) in [6, 6.07) is 1.83. The summed E-state index contributed by atoms with van der Waals surface area (Å²) in [4.78, 5) is 26.3. The molecule has 0 bridgehead atoms. The zero-order valence-corrected chi connectivity index (χ0v) is 14.4. The van der Waals surface area contributed by atoms with Crippen molar-refractivity contribution < 1.29 is 18.4 Å². The van der Waals surface area contributed by atoms with Crippen molar-refractivity contribution in [2.75, 3.05) is 10.6 Å². The number of ketones is 1. The lowest BCUT2D eigenvalue weighted by Crippen LogP contribution is -2.52. The molecule has 3 aliphatic rings. The van der Waals surface area contributed by atoms with Crippen LogP contribution in [0.3, 0.4) is 0 Å². The van der Waals surface area contributed by atoms with Crippen molar-refractivity contribution in [3.63, 3.8) is 0 Å². The number of nitrogens with zero attached hydrogens (tertiary/aromatic N) is 4. The summed E-state index contributed by atoms with van der Waals surface area (Å²) in [6.07, 6.45) is 0.688. The van der Waals surface area contributed by atoms with E-state index in [2.05, 4.69) is 26.2 Å². The average Bonchev–Trinajstić information content (AvgIpc) is 3.12. The number of allylic oxidation sites excluding steroid dienone is 1. The van der Waals surface area contributed by atoms with Crippen LogP contribution in [0, 0.1) is 17.0 Å². The van der Waals surface area contributed by atoms with Gasteiger partial charge in [-0.3, -0.25) is 9.59 Å². The molecule has 0 saturated heterocycles. The molecular formula is C17H14F2N6O2. The predicted molar refractivity (Wildman–Crippen MR) is 88.6 cm³/mol. The molecule has 0 radical (unpaired) electrons. The van der Waals surface area contributed by atoms with Crippen LogP contribution in [0.4, 0.5) is 20.4 Å². The van der Waals surface area contributed by atoms with E-state index in [0.717, 1.165) is 12.1 Å². The maximum absolute atomic E-state index is 14.1. The second-order valence-electron chi connectivity index (χ2n) is 7.81. The number of amides is 1. The van der Waals surface area contributed by atoms with Crippen LogP contribution in [0.5, 0.6) is 0 Å². The number of carbonyl (C=O) groups is 2. The first-order valence-electron chi connectivity index (χ1n) is 8.38. The molecule has 1 aromatic heterocycles. The molecule has 138 valence electrons. The smallest absolute Gasteiger partial charge is 0.262 e. The Bertz CT molecular complexity index is 1090. The number of nitrogens with one attached hydrogen (secondary N) is 2. The minimum absolute atomic E-state index is 0.0896. The van der Waals surface area contributed by atoms with Gasteiger partial charge in [0.1, 0.15) is 0 Å². The number of Topliss-reactive ketones (excluding diaryl/α,β-unsaturated/α-hetero) is 1. The van der Waals surface area contributed by atoms with E-state index in [1.54, 1.807) is 0 Å². The molecule has 5 rings (SSSR count). The highest BCUT2D eigenvalue weighted by Crippen LogP contribution is 2.52. The van der Waals surface area contributed by atoms with Gasteiger partial charge in [-0.25, -0.2) is 8.78 Å². The van der Waals surface area contributed by atoms with Crippen molar-refractivity contribution in [3.05, 3.63) is 40.6 Å². The van der Waals surface area contributed by atoms with Crippen molar-refractivity contribution >= 4 is 23.3 Å². The average molecular weight is 372 g/mol. The van der Waals surface area contributed by atoms with Gasteiger partial charge in [0.05, 0.1) is 11.3 Å². The van der Waals surface area contributed by atoms with Crippen LogP contribution in [0.1, 0.15) is 32.3 Å². The van der Waals surface area contributed by atoms with Crippen molar-refractivity contribution in [2.24, 2.45) is 5.41 Å². The lowest BCUT2D eigenvalue weighted by molar-refractivity contribution is -0.125. The topological polar surface area (TPSA) is 102 Å². The van der Waals surface area contributed by atoms with Crippen LogP contribution < -0.4 is 10.6 Å². The van der Waals surface area contributed by atoms with E-state index in [1.165, 1.54) is 4.68 Å². The molecule has 1 atom stereocenters. The van der Waals surface area contributed by atoms with Crippen LogP contribution in [-0.2, 0) is 15.1 Å². The Hall–Kier alpha value is -3.17. The quantitative estimate of drug-likeness (QED) is 0.730. The second kappa shape index (κ2) is 4.76. The Morgan fingerprint density at radius 1 is 1.11 bits per heavy atom. The Morgan fingerprint density at radius 3 is 2.63 bits per heavy atom. The molecular weight excluding hydrogens is 358 g/mol. The van der Waals surface area contributed by atoms with Gasteiger partial charge in [0.15, 0.2) is 17.4 Å². The number of benzene rings is 1. The number of carbonyl (C=O) groups excluding carboxylic acids is 2.